The molecule has 0 fully saturated rings. The molecule has 3 nitrogen and oxygen atoms in total. The number of pyridine rings is 1. The maximum absolute atomic E-state index is 13.2. The summed E-state index contributed by atoms with van der Waals surface area (Å²) in [6.07, 6.45) is 0. The fourth-order valence-electron chi connectivity index (χ4n) is 1.63. The first-order valence-electron chi connectivity index (χ1n) is 6.67. The molecule has 1 aromatic carbocycles. The lowest BCUT2D eigenvalue weighted by molar-refractivity contribution is 0.416. The fourth-order valence-corrected chi connectivity index (χ4v) is 1.99. The lowest BCUT2D eigenvalue weighted by Gasteiger charge is -2.20. The van der Waals surface area contributed by atoms with Crippen LogP contribution in [0.3, 0.4) is 0 Å². The summed E-state index contributed by atoms with van der Waals surface area (Å²) < 4.78 is 19.2. The van der Waals surface area contributed by atoms with Crippen molar-refractivity contribution in [3.8, 4) is 11.6 Å². The first kappa shape index (κ1) is 15.9. The van der Waals surface area contributed by atoms with E-state index in [1.54, 1.807) is 18.2 Å². The Hall–Kier alpha value is -1.46. The van der Waals surface area contributed by atoms with E-state index in [9.17, 15) is 4.39 Å². The number of halogens is 2. The van der Waals surface area contributed by atoms with Gasteiger partial charge in [-0.1, -0.05) is 6.07 Å². The van der Waals surface area contributed by atoms with Crippen LogP contribution in [0.4, 0.5) is 4.39 Å². The SMILES string of the molecule is CC(C)(C)NCc1cccc(Oc2ccc(F)c(Br)c2)n1. The zero-order valence-electron chi connectivity index (χ0n) is 12.3. The zero-order valence-corrected chi connectivity index (χ0v) is 13.9. The van der Waals surface area contributed by atoms with Crippen molar-refractivity contribution in [1.82, 2.24) is 10.3 Å². The van der Waals surface area contributed by atoms with Crippen LogP contribution in [-0.4, -0.2) is 10.5 Å². The van der Waals surface area contributed by atoms with Crippen LogP contribution in [0.1, 0.15) is 26.5 Å². The molecule has 0 amide bonds. The Bertz CT molecular complexity index is 626. The van der Waals surface area contributed by atoms with E-state index in [2.05, 4.69) is 47.0 Å². The van der Waals surface area contributed by atoms with Gasteiger partial charge in [0.15, 0.2) is 0 Å². The molecule has 1 aromatic heterocycles. The topological polar surface area (TPSA) is 34.1 Å². The normalized spacial score (nSPS) is 11.5. The predicted octanol–water partition coefficient (Wildman–Crippen LogP) is 4.66. The van der Waals surface area contributed by atoms with E-state index in [0.717, 1.165) is 5.69 Å². The van der Waals surface area contributed by atoms with E-state index in [1.807, 2.05) is 12.1 Å². The summed E-state index contributed by atoms with van der Waals surface area (Å²) in [6, 6.07) is 10.1. The van der Waals surface area contributed by atoms with Crippen molar-refractivity contribution in [3.63, 3.8) is 0 Å². The van der Waals surface area contributed by atoms with Crippen molar-refractivity contribution in [2.75, 3.05) is 0 Å². The number of hydrogen-bond acceptors (Lipinski definition) is 3. The Kier molecular flexibility index (Phi) is 4.96. The van der Waals surface area contributed by atoms with Gasteiger partial charge in [-0.2, -0.15) is 0 Å². The summed E-state index contributed by atoms with van der Waals surface area (Å²) in [5, 5.41) is 3.37. The summed E-state index contributed by atoms with van der Waals surface area (Å²) in [7, 11) is 0. The maximum atomic E-state index is 13.2. The Morgan fingerprint density at radius 1 is 1.24 bits per heavy atom. The molecule has 0 aliphatic carbocycles. The maximum Gasteiger partial charge on any atom is 0.219 e. The number of nitrogens with one attached hydrogen (secondary N) is 1. The fraction of sp³-hybridized carbons (Fsp3) is 0.312. The molecule has 0 aliphatic rings. The molecular formula is C16H18BrFN2O. The Morgan fingerprint density at radius 2 is 2.00 bits per heavy atom. The minimum absolute atomic E-state index is 0.0281. The standard InChI is InChI=1S/C16H18BrFN2O/c1-16(2,3)19-10-11-5-4-6-15(20-11)21-12-7-8-14(18)13(17)9-12/h4-9,19H,10H2,1-3H3. The van der Waals surface area contributed by atoms with Gasteiger partial charge in [0, 0.05) is 18.2 Å². The van der Waals surface area contributed by atoms with Gasteiger partial charge in [-0.05, 0) is 61.0 Å². The van der Waals surface area contributed by atoms with Gasteiger partial charge in [-0.15, -0.1) is 0 Å². The average molecular weight is 353 g/mol. The van der Waals surface area contributed by atoms with Crippen molar-refractivity contribution in [3.05, 3.63) is 52.4 Å². The third kappa shape index (κ3) is 5.10. The second-order valence-electron chi connectivity index (χ2n) is 5.75. The van der Waals surface area contributed by atoms with Crippen LogP contribution < -0.4 is 10.1 Å². The van der Waals surface area contributed by atoms with Crippen LogP contribution in [0.25, 0.3) is 0 Å². The van der Waals surface area contributed by atoms with E-state index < -0.39 is 0 Å². The van der Waals surface area contributed by atoms with Gasteiger partial charge in [-0.3, -0.25) is 0 Å². The molecule has 2 rings (SSSR count). The molecular weight excluding hydrogens is 335 g/mol. The summed E-state index contributed by atoms with van der Waals surface area (Å²) in [6.45, 7) is 6.96. The van der Waals surface area contributed by atoms with Gasteiger partial charge >= 0.3 is 0 Å². The molecule has 1 N–H and O–H groups in total. The van der Waals surface area contributed by atoms with E-state index >= 15 is 0 Å². The van der Waals surface area contributed by atoms with Gasteiger partial charge in [0.05, 0.1) is 10.2 Å². The van der Waals surface area contributed by atoms with Gasteiger partial charge in [0.1, 0.15) is 11.6 Å². The monoisotopic (exact) mass is 352 g/mol. The lowest BCUT2D eigenvalue weighted by Crippen LogP contribution is -2.35. The van der Waals surface area contributed by atoms with Crippen molar-refractivity contribution >= 4 is 15.9 Å². The zero-order chi connectivity index (χ0) is 15.5. The number of hydrogen-bond donors (Lipinski definition) is 1. The minimum Gasteiger partial charge on any atom is -0.439 e. The van der Waals surface area contributed by atoms with E-state index in [1.165, 1.54) is 6.07 Å². The molecule has 0 atom stereocenters. The van der Waals surface area contributed by atoms with E-state index in [0.29, 0.717) is 22.6 Å². The minimum atomic E-state index is -0.321. The van der Waals surface area contributed by atoms with Crippen LogP contribution in [0.2, 0.25) is 0 Å². The van der Waals surface area contributed by atoms with Gasteiger partial charge in [0.2, 0.25) is 5.88 Å². The molecule has 0 radical (unpaired) electrons. The largest absolute Gasteiger partial charge is 0.439 e. The van der Waals surface area contributed by atoms with Crippen LogP contribution in [0.15, 0.2) is 40.9 Å². The molecule has 1 heterocycles. The Balaban J connectivity index is 2.08. The van der Waals surface area contributed by atoms with Gasteiger partial charge in [-0.25, -0.2) is 9.37 Å². The highest BCUT2D eigenvalue weighted by Crippen LogP contribution is 2.25. The first-order chi connectivity index (χ1) is 9.83. The summed E-state index contributed by atoms with van der Waals surface area (Å²) in [5.41, 5.74) is 0.920. The van der Waals surface area contributed by atoms with E-state index in [-0.39, 0.29) is 11.4 Å². The summed E-state index contributed by atoms with van der Waals surface area (Å²) >= 11 is 3.14. The number of rotatable bonds is 4. The molecule has 0 aliphatic heterocycles. The number of aromatic nitrogens is 1. The molecule has 0 saturated heterocycles. The number of benzene rings is 1. The molecule has 0 bridgehead atoms. The molecule has 0 saturated carbocycles. The highest BCUT2D eigenvalue weighted by molar-refractivity contribution is 9.10. The molecule has 0 unspecified atom stereocenters. The van der Waals surface area contributed by atoms with E-state index in [4.69, 9.17) is 4.74 Å². The molecule has 2 aromatic rings. The van der Waals surface area contributed by atoms with Crippen LogP contribution in [0, 0.1) is 5.82 Å². The lowest BCUT2D eigenvalue weighted by atomic mass is 10.1. The average Bonchev–Trinajstić information content (AvgIpc) is 2.40. The summed E-state index contributed by atoms with van der Waals surface area (Å²) in [5.74, 6) is 0.705. The highest BCUT2D eigenvalue weighted by Gasteiger charge is 2.09. The highest BCUT2D eigenvalue weighted by atomic mass is 79.9. The third-order valence-corrected chi connectivity index (χ3v) is 3.30. The number of nitrogens with zero attached hydrogens (tertiary/aromatic N) is 1. The Morgan fingerprint density at radius 3 is 2.67 bits per heavy atom. The van der Waals surface area contributed by atoms with Crippen LogP contribution >= 0.6 is 15.9 Å². The van der Waals surface area contributed by atoms with Crippen molar-refractivity contribution in [1.29, 1.82) is 0 Å². The quantitative estimate of drug-likeness (QED) is 0.868. The second-order valence-corrected chi connectivity index (χ2v) is 6.60. The molecule has 0 spiro atoms. The Labute approximate surface area is 132 Å². The van der Waals surface area contributed by atoms with Crippen molar-refractivity contribution in [2.45, 2.75) is 32.9 Å². The summed E-state index contributed by atoms with van der Waals surface area (Å²) in [4.78, 5) is 4.43. The predicted molar refractivity (Wildman–Crippen MR) is 85.0 cm³/mol. The van der Waals surface area contributed by atoms with Crippen molar-refractivity contribution < 1.29 is 9.13 Å². The smallest absolute Gasteiger partial charge is 0.219 e. The first-order valence-corrected chi connectivity index (χ1v) is 7.47. The van der Waals surface area contributed by atoms with Crippen LogP contribution in [-0.2, 0) is 6.54 Å². The van der Waals surface area contributed by atoms with Crippen molar-refractivity contribution in [2.24, 2.45) is 0 Å². The molecule has 5 heteroatoms. The van der Waals surface area contributed by atoms with Gasteiger partial charge in [0.25, 0.3) is 0 Å². The molecule has 112 valence electrons. The number of ether oxygens (including phenoxy) is 1. The third-order valence-electron chi connectivity index (χ3n) is 2.69. The molecule has 21 heavy (non-hydrogen) atoms. The second kappa shape index (κ2) is 6.54. The van der Waals surface area contributed by atoms with Crippen LogP contribution in [0.5, 0.6) is 11.6 Å². The van der Waals surface area contributed by atoms with Gasteiger partial charge < -0.3 is 10.1 Å².